The third kappa shape index (κ3) is 2.10. The van der Waals surface area contributed by atoms with Crippen molar-refractivity contribution >= 4 is 9.84 Å². The van der Waals surface area contributed by atoms with Crippen molar-refractivity contribution in [2.45, 2.75) is 31.7 Å². The molecule has 6 nitrogen and oxygen atoms in total. The zero-order valence-electron chi connectivity index (χ0n) is 9.14. The van der Waals surface area contributed by atoms with Crippen LogP contribution >= 0.6 is 0 Å². The molecular weight excluding hydrogens is 230 g/mol. The summed E-state index contributed by atoms with van der Waals surface area (Å²) in [5, 5.41) is 7.65. The van der Waals surface area contributed by atoms with E-state index in [9.17, 15) is 8.42 Å². The molecular formula is C9H15N3O3S. The lowest BCUT2D eigenvalue weighted by Gasteiger charge is -2.29. The fraction of sp³-hybridized carbons (Fsp3) is 0.778. The lowest BCUT2D eigenvalue weighted by atomic mass is 9.87. The van der Waals surface area contributed by atoms with Crippen LogP contribution < -0.4 is 5.73 Å². The zero-order chi connectivity index (χ0) is 11.8. The molecule has 1 atom stereocenters. The van der Waals surface area contributed by atoms with Gasteiger partial charge in [0.1, 0.15) is 0 Å². The molecule has 2 heterocycles. The van der Waals surface area contributed by atoms with E-state index < -0.39 is 15.3 Å². The van der Waals surface area contributed by atoms with E-state index in [2.05, 4.69) is 10.2 Å². The van der Waals surface area contributed by atoms with E-state index in [1.807, 2.05) is 6.92 Å². The van der Waals surface area contributed by atoms with Crippen LogP contribution in [0.4, 0.5) is 0 Å². The molecule has 7 heteroatoms. The number of aromatic nitrogens is 2. The Hall–Kier alpha value is -0.950. The summed E-state index contributed by atoms with van der Waals surface area (Å²) in [5.41, 5.74) is 4.82. The molecule has 1 unspecified atom stereocenters. The molecule has 0 aliphatic carbocycles. The largest absolute Gasteiger partial charge is 0.423 e. The van der Waals surface area contributed by atoms with Crippen LogP contribution in [0.2, 0.25) is 0 Å². The second-order valence-electron chi connectivity index (χ2n) is 4.46. The third-order valence-corrected chi connectivity index (χ3v) is 4.87. The molecule has 90 valence electrons. The molecule has 0 aromatic carbocycles. The molecule has 1 aliphatic rings. The molecule has 1 saturated heterocycles. The van der Waals surface area contributed by atoms with Crippen molar-refractivity contribution in [1.29, 1.82) is 0 Å². The van der Waals surface area contributed by atoms with Crippen LogP contribution in [0, 0.1) is 0 Å². The van der Waals surface area contributed by atoms with E-state index in [0.29, 0.717) is 18.2 Å². The molecule has 1 aromatic rings. The average molecular weight is 245 g/mol. The zero-order valence-corrected chi connectivity index (χ0v) is 9.96. The van der Waals surface area contributed by atoms with Crippen molar-refractivity contribution in [3.8, 4) is 0 Å². The van der Waals surface area contributed by atoms with Gasteiger partial charge in [-0.05, 0) is 19.8 Å². The second kappa shape index (κ2) is 3.81. The van der Waals surface area contributed by atoms with E-state index in [1.54, 1.807) is 0 Å². The van der Waals surface area contributed by atoms with Gasteiger partial charge in [0.2, 0.25) is 11.8 Å². The fourth-order valence-electron chi connectivity index (χ4n) is 2.06. The maximum absolute atomic E-state index is 11.6. The predicted octanol–water partition coefficient (Wildman–Crippen LogP) is -0.00540. The average Bonchev–Trinajstić information content (AvgIpc) is 2.64. The number of sulfone groups is 1. The quantitative estimate of drug-likeness (QED) is 0.787. The van der Waals surface area contributed by atoms with Gasteiger partial charge in [-0.3, -0.25) is 0 Å². The summed E-state index contributed by atoms with van der Waals surface area (Å²) in [6.07, 6.45) is 1.39. The van der Waals surface area contributed by atoms with Crippen LogP contribution in [0.25, 0.3) is 0 Å². The van der Waals surface area contributed by atoms with Crippen molar-refractivity contribution in [3.63, 3.8) is 0 Å². The first-order valence-corrected chi connectivity index (χ1v) is 7.01. The maximum atomic E-state index is 11.6. The summed E-state index contributed by atoms with van der Waals surface area (Å²) in [6.45, 7) is 2.02. The Labute approximate surface area is 94.1 Å². The molecule has 0 spiro atoms. The maximum Gasteiger partial charge on any atom is 0.230 e. The van der Waals surface area contributed by atoms with Crippen LogP contribution in [0.1, 0.15) is 31.5 Å². The minimum atomic E-state index is -3.00. The summed E-state index contributed by atoms with van der Waals surface area (Å²) in [7, 11) is -3.00. The molecule has 1 aromatic heterocycles. The van der Waals surface area contributed by atoms with Crippen LogP contribution in [-0.4, -0.2) is 30.1 Å². The van der Waals surface area contributed by atoms with Gasteiger partial charge in [0.15, 0.2) is 9.84 Å². The molecule has 0 amide bonds. The Bertz CT molecular complexity index is 482. The Morgan fingerprint density at radius 1 is 1.50 bits per heavy atom. The third-order valence-electron chi connectivity index (χ3n) is 2.88. The van der Waals surface area contributed by atoms with Gasteiger partial charge in [0.05, 0.1) is 23.5 Å². The van der Waals surface area contributed by atoms with Gasteiger partial charge in [0.25, 0.3) is 0 Å². The van der Waals surface area contributed by atoms with E-state index in [-0.39, 0.29) is 18.1 Å². The van der Waals surface area contributed by atoms with Gasteiger partial charge < -0.3 is 10.2 Å². The lowest BCUT2D eigenvalue weighted by Crippen LogP contribution is -2.37. The Balaban J connectivity index is 2.31. The summed E-state index contributed by atoms with van der Waals surface area (Å²) in [4.78, 5) is 0. The minimum absolute atomic E-state index is 0.0756. The smallest absolute Gasteiger partial charge is 0.230 e. The number of nitrogens with zero attached hydrogens (tertiary/aromatic N) is 2. The number of nitrogens with two attached hydrogens (primary N) is 1. The monoisotopic (exact) mass is 245 g/mol. The van der Waals surface area contributed by atoms with Gasteiger partial charge in [-0.1, -0.05) is 0 Å². The van der Waals surface area contributed by atoms with Crippen LogP contribution in [0.15, 0.2) is 4.42 Å². The topological polar surface area (TPSA) is 99.1 Å². The lowest BCUT2D eigenvalue weighted by molar-refractivity contribution is 0.327. The molecule has 2 rings (SSSR count). The Morgan fingerprint density at radius 3 is 2.81 bits per heavy atom. The first-order valence-electron chi connectivity index (χ1n) is 5.19. The minimum Gasteiger partial charge on any atom is -0.423 e. The van der Waals surface area contributed by atoms with Gasteiger partial charge in [-0.25, -0.2) is 8.42 Å². The van der Waals surface area contributed by atoms with E-state index >= 15 is 0 Å². The van der Waals surface area contributed by atoms with Crippen molar-refractivity contribution in [1.82, 2.24) is 10.2 Å². The van der Waals surface area contributed by atoms with Crippen molar-refractivity contribution < 1.29 is 12.8 Å². The first-order chi connectivity index (χ1) is 7.45. The Kier molecular flexibility index (Phi) is 2.75. The van der Waals surface area contributed by atoms with E-state index in [4.69, 9.17) is 10.2 Å². The van der Waals surface area contributed by atoms with Crippen molar-refractivity contribution in [2.24, 2.45) is 5.73 Å². The summed E-state index contributed by atoms with van der Waals surface area (Å²) in [5.74, 6) is 1.06. The van der Waals surface area contributed by atoms with Gasteiger partial charge in [-0.15, -0.1) is 10.2 Å². The van der Waals surface area contributed by atoms with Gasteiger partial charge >= 0.3 is 0 Å². The second-order valence-corrected chi connectivity index (χ2v) is 6.65. The van der Waals surface area contributed by atoms with Gasteiger partial charge in [0, 0.05) is 0 Å². The number of hydrogen-bond acceptors (Lipinski definition) is 6. The predicted molar refractivity (Wildman–Crippen MR) is 57.4 cm³/mol. The summed E-state index contributed by atoms with van der Waals surface area (Å²) >= 11 is 0. The van der Waals surface area contributed by atoms with Gasteiger partial charge in [-0.2, -0.15) is 0 Å². The molecule has 0 saturated carbocycles. The molecule has 0 bridgehead atoms. The van der Waals surface area contributed by atoms with E-state index in [0.717, 1.165) is 6.42 Å². The number of rotatable bonds is 2. The molecule has 1 aliphatic heterocycles. The Morgan fingerprint density at radius 2 is 2.25 bits per heavy atom. The van der Waals surface area contributed by atoms with Crippen molar-refractivity contribution in [2.75, 3.05) is 11.5 Å². The first kappa shape index (κ1) is 11.5. The summed E-state index contributed by atoms with van der Waals surface area (Å²) < 4.78 is 28.6. The van der Waals surface area contributed by atoms with Crippen LogP contribution in [0.3, 0.4) is 0 Å². The van der Waals surface area contributed by atoms with E-state index in [1.165, 1.54) is 0 Å². The highest BCUT2D eigenvalue weighted by atomic mass is 32.2. The molecule has 0 radical (unpaired) electrons. The molecule has 1 fully saturated rings. The SMILES string of the molecule is CC1(c2nnc(CN)o2)CCCS(=O)(=O)C1. The van der Waals surface area contributed by atoms with Crippen molar-refractivity contribution in [3.05, 3.63) is 11.8 Å². The highest BCUT2D eigenvalue weighted by Gasteiger charge is 2.40. The standard InChI is InChI=1S/C9H15N3O3S/c1-9(3-2-4-16(13,14)6-9)8-12-11-7(5-10)15-8/h2-6,10H2,1H3. The van der Waals surface area contributed by atoms with Crippen LogP contribution in [-0.2, 0) is 21.8 Å². The highest BCUT2D eigenvalue weighted by Crippen LogP contribution is 2.33. The fourth-order valence-corrected chi connectivity index (χ4v) is 4.03. The molecule has 2 N–H and O–H groups in total. The van der Waals surface area contributed by atoms with Crippen LogP contribution in [0.5, 0.6) is 0 Å². The summed E-state index contributed by atoms with van der Waals surface area (Å²) in [6, 6.07) is 0. The highest BCUT2D eigenvalue weighted by molar-refractivity contribution is 7.91. The normalized spacial score (nSPS) is 29.1. The molecule has 16 heavy (non-hydrogen) atoms. The number of hydrogen-bond donors (Lipinski definition) is 1.